The lowest BCUT2D eigenvalue weighted by Crippen LogP contribution is -2.16. The SMILES string of the molecule is CCC/C=N/NC(=O)CCCCCCC. The molecule has 15 heavy (non-hydrogen) atoms. The maximum absolute atomic E-state index is 11.2. The van der Waals surface area contributed by atoms with Gasteiger partial charge in [0.15, 0.2) is 0 Å². The number of carbonyl (C=O) groups is 1. The first-order valence-corrected chi connectivity index (χ1v) is 6.11. The average molecular weight is 212 g/mol. The van der Waals surface area contributed by atoms with Crippen LogP contribution in [0.2, 0.25) is 0 Å². The van der Waals surface area contributed by atoms with Crippen molar-refractivity contribution in [2.24, 2.45) is 5.10 Å². The van der Waals surface area contributed by atoms with E-state index in [4.69, 9.17) is 0 Å². The van der Waals surface area contributed by atoms with Crippen LogP contribution in [0, 0.1) is 0 Å². The second-order valence-electron chi connectivity index (χ2n) is 3.80. The van der Waals surface area contributed by atoms with Crippen molar-refractivity contribution in [3.05, 3.63) is 0 Å². The van der Waals surface area contributed by atoms with E-state index in [1.165, 1.54) is 19.3 Å². The van der Waals surface area contributed by atoms with Crippen molar-refractivity contribution in [2.45, 2.75) is 65.2 Å². The van der Waals surface area contributed by atoms with Crippen molar-refractivity contribution < 1.29 is 4.79 Å². The summed E-state index contributed by atoms with van der Waals surface area (Å²) in [5, 5.41) is 3.85. The first-order valence-electron chi connectivity index (χ1n) is 6.11. The Labute approximate surface area is 93.3 Å². The normalized spacial score (nSPS) is 10.8. The number of nitrogens with zero attached hydrogens (tertiary/aromatic N) is 1. The molecule has 3 heteroatoms. The van der Waals surface area contributed by atoms with Crippen molar-refractivity contribution in [1.29, 1.82) is 0 Å². The summed E-state index contributed by atoms with van der Waals surface area (Å²) >= 11 is 0. The fourth-order valence-electron chi connectivity index (χ4n) is 1.26. The van der Waals surface area contributed by atoms with E-state index in [1.807, 2.05) is 0 Å². The lowest BCUT2D eigenvalue weighted by molar-refractivity contribution is -0.121. The van der Waals surface area contributed by atoms with E-state index in [2.05, 4.69) is 24.4 Å². The van der Waals surface area contributed by atoms with Gasteiger partial charge in [0.1, 0.15) is 0 Å². The van der Waals surface area contributed by atoms with Crippen LogP contribution in [0.15, 0.2) is 5.10 Å². The van der Waals surface area contributed by atoms with Crippen LogP contribution in [0.3, 0.4) is 0 Å². The fourth-order valence-corrected chi connectivity index (χ4v) is 1.26. The molecule has 0 fully saturated rings. The zero-order chi connectivity index (χ0) is 11.4. The highest BCUT2D eigenvalue weighted by molar-refractivity contribution is 5.76. The van der Waals surface area contributed by atoms with Gasteiger partial charge in [-0.15, -0.1) is 0 Å². The average Bonchev–Trinajstić information content (AvgIpc) is 2.24. The van der Waals surface area contributed by atoms with Gasteiger partial charge in [-0.25, -0.2) is 5.43 Å². The van der Waals surface area contributed by atoms with Crippen LogP contribution in [0.4, 0.5) is 0 Å². The number of unbranched alkanes of at least 4 members (excludes halogenated alkanes) is 5. The van der Waals surface area contributed by atoms with E-state index in [1.54, 1.807) is 6.21 Å². The molecule has 0 aromatic heterocycles. The van der Waals surface area contributed by atoms with Gasteiger partial charge in [-0.1, -0.05) is 46.0 Å². The number of hydrazone groups is 1. The number of rotatable bonds is 9. The lowest BCUT2D eigenvalue weighted by Gasteiger charge is -1.99. The van der Waals surface area contributed by atoms with Crippen LogP contribution in [0.5, 0.6) is 0 Å². The minimum absolute atomic E-state index is 0.0406. The van der Waals surface area contributed by atoms with Gasteiger partial charge >= 0.3 is 0 Å². The Hall–Kier alpha value is -0.860. The van der Waals surface area contributed by atoms with Crippen molar-refractivity contribution in [1.82, 2.24) is 5.43 Å². The first kappa shape index (κ1) is 14.1. The minimum atomic E-state index is 0.0406. The molecule has 1 amide bonds. The number of amides is 1. The monoisotopic (exact) mass is 212 g/mol. The Morgan fingerprint density at radius 1 is 1.13 bits per heavy atom. The zero-order valence-corrected chi connectivity index (χ0v) is 10.1. The third-order valence-electron chi connectivity index (χ3n) is 2.21. The van der Waals surface area contributed by atoms with Crippen molar-refractivity contribution >= 4 is 12.1 Å². The highest BCUT2D eigenvalue weighted by Gasteiger charge is 1.98. The van der Waals surface area contributed by atoms with Crippen LogP contribution in [-0.2, 0) is 4.79 Å². The molecule has 0 spiro atoms. The van der Waals surface area contributed by atoms with Gasteiger partial charge in [0.25, 0.3) is 0 Å². The number of hydrogen-bond donors (Lipinski definition) is 1. The molecule has 0 aromatic rings. The van der Waals surface area contributed by atoms with E-state index in [-0.39, 0.29) is 5.91 Å². The predicted octanol–water partition coefficient (Wildman–Crippen LogP) is 3.25. The maximum Gasteiger partial charge on any atom is 0.240 e. The van der Waals surface area contributed by atoms with Gasteiger partial charge in [-0.05, 0) is 12.8 Å². The first-order chi connectivity index (χ1) is 7.31. The predicted molar refractivity (Wildman–Crippen MR) is 64.9 cm³/mol. The molecule has 0 saturated heterocycles. The molecular weight excluding hydrogens is 188 g/mol. The fraction of sp³-hybridized carbons (Fsp3) is 0.833. The molecule has 0 rings (SSSR count). The molecule has 0 radical (unpaired) electrons. The molecular formula is C12H24N2O. The summed E-state index contributed by atoms with van der Waals surface area (Å²) in [4.78, 5) is 11.2. The summed E-state index contributed by atoms with van der Waals surface area (Å²) in [5.74, 6) is 0.0406. The van der Waals surface area contributed by atoms with E-state index in [0.29, 0.717) is 6.42 Å². The largest absolute Gasteiger partial charge is 0.273 e. The number of hydrogen-bond acceptors (Lipinski definition) is 2. The minimum Gasteiger partial charge on any atom is -0.273 e. The summed E-state index contributed by atoms with van der Waals surface area (Å²) in [7, 11) is 0. The Kier molecular flexibility index (Phi) is 10.6. The number of nitrogens with one attached hydrogen (secondary N) is 1. The smallest absolute Gasteiger partial charge is 0.240 e. The Balaban J connectivity index is 3.25. The summed E-state index contributed by atoms with van der Waals surface area (Å²) in [6.45, 7) is 4.27. The molecule has 0 saturated carbocycles. The van der Waals surface area contributed by atoms with Gasteiger partial charge in [-0.3, -0.25) is 4.79 Å². The second kappa shape index (κ2) is 11.2. The molecule has 0 aliphatic rings. The third-order valence-corrected chi connectivity index (χ3v) is 2.21. The van der Waals surface area contributed by atoms with Crippen LogP contribution >= 0.6 is 0 Å². The van der Waals surface area contributed by atoms with Gasteiger partial charge < -0.3 is 0 Å². The molecule has 1 N–H and O–H groups in total. The van der Waals surface area contributed by atoms with Gasteiger partial charge in [0.2, 0.25) is 5.91 Å². The van der Waals surface area contributed by atoms with E-state index in [0.717, 1.165) is 25.7 Å². The van der Waals surface area contributed by atoms with Crippen LogP contribution < -0.4 is 5.43 Å². The molecule has 88 valence electrons. The Bertz CT molecular complexity index is 178. The van der Waals surface area contributed by atoms with E-state index < -0.39 is 0 Å². The highest BCUT2D eigenvalue weighted by Crippen LogP contribution is 2.04. The summed E-state index contributed by atoms with van der Waals surface area (Å²) < 4.78 is 0. The topological polar surface area (TPSA) is 41.5 Å². The van der Waals surface area contributed by atoms with Crippen molar-refractivity contribution in [3.63, 3.8) is 0 Å². The molecule has 0 unspecified atom stereocenters. The molecule has 0 aliphatic carbocycles. The maximum atomic E-state index is 11.2. The number of carbonyl (C=O) groups excluding carboxylic acids is 1. The quantitative estimate of drug-likeness (QED) is 0.356. The second-order valence-corrected chi connectivity index (χ2v) is 3.80. The molecule has 0 bridgehead atoms. The van der Waals surface area contributed by atoms with E-state index in [9.17, 15) is 4.79 Å². The lowest BCUT2D eigenvalue weighted by atomic mass is 10.1. The van der Waals surface area contributed by atoms with Crippen molar-refractivity contribution in [2.75, 3.05) is 0 Å². The van der Waals surface area contributed by atoms with Crippen LogP contribution in [0.1, 0.15) is 65.2 Å². The van der Waals surface area contributed by atoms with Crippen molar-refractivity contribution in [3.8, 4) is 0 Å². The molecule has 3 nitrogen and oxygen atoms in total. The van der Waals surface area contributed by atoms with Gasteiger partial charge in [0, 0.05) is 12.6 Å². The van der Waals surface area contributed by atoms with Gasteiger partial charge in [0.05, 0.1) is 0 Å². The molecule has 0 aliphatic heterocycles. The summed E-state index contributed by atoms with van der Waals surface area (Å²) in [6.07, 6.45) is 10.2. The molecule has 0 atom stereocenters. The van der Waals surface area contributed by atoms with E-state index >= 15 is 0 Å². The summed E-state index contributed by atoms with van der Waals surface area (Å²) in [6, 6.07) is 0. The van der Waals surface area contributed by atoms with Crippen LogP contribution in [0.25, 0.3) is 0 Å². The molecule has 0 heterocycles. The highest BCUT2D eigenvalue weighted by atomic mass is 16.2. The standard InChI is InChI=1S/C12H24N2O/c1-3-5-7-8-9-10-12(15)14-13-11-6-4-2/h11H,3-10H2,1-2H3,(H,14,15)/b13-11+. The molecule has 0 aromatic carbocycles. The summed E-state index contributed by atoms with van der Waals surface area (Å²) in [5.41, 5.74) is 2.54. The van der Waals surface area contributed by atoms with Gasteiger partial charge in [-0.2, -0.15) is 5.10 Å². The Morgan fingerprint density at radius 3 is 2.53 bits per heavy atom. The van der Waals surface area contributed by atoms with Crippen LogP contribution in [-0.4, -0.2) is 12.1 Å². The Morgan fingerprint density at radius 2 is 1.87 bits per heavy atom. The zero-order valence-electron chi connectivity index (χ0n) is 10.1. The third kappa shape index (κ3) is 11.1.